The Balaban J connectivity index is 2.11. The summed E-state index contributed by atoms with van der Waals surface area (Å²) in [6, 6.07) is 8.88. The van der Waals surface area contributed by atoms with Crippen LogP contribution < -0.4 is 5.43 Å². The predicted octanol–water partition coefficient (Wildman–Crippen LogP) is 4.42. The molecular formula is C12H10Cl2N2O. The van der Waals surface area contributed by atoms with Crippen molar-refractivity contribution in [1.29, 1.82) is 0 Å². The molecule has 88 valence electrons. The number of benzene rings is 1. The van der Waals surface area contributed by atoms with Gasteiger partial charge in [0.15, 0.2) is 0 Å². The summed E-state index contributed by atoms with van der Waals surface area (Å²) in [5.74, 6) is 0.720. The molecule has 3 nitrogen and oxygen atoms in total. The fourth-order valence-electron chi connectivity index (χ4n) is 1.25. The van der Waals surface area contributed by atoms with Crippen molar-refractivity contribution in [3.63, 3.8) is 0 Å². The molecule has 2 aromatic rings. The lowest BCUT2D eigenvalue weighted by Crippen LogP contribution is -1.98. The second-order valence-corrected chi connectivity index (χ2v) is 4.23. The van der Waals surface area contributed by atoms with Gasteiger partial charge in [-0.05, 0) is 37.3 Å². The molecule has 1 aromatic carbocycles. The van der Waals surface area contributed by atoms with Crippen LogP contribution in [-0.2, 0) is 0 Å². The van der Waals surface area contributed by atoms with Crippen LogP contribution in [-0.4, -0.2) is 5.71 Å². The number of furan rings is 1. The van der Waals surface area contributed by atoms with E-state index in [9.17, 15) is 0 Å². The summed E-state index contributed by atoms with van der Waals surface area (Å²) < 4.78 is 5.21. The summed E-state index contributed by atoms with van der Waals surface area (Å²) in [6.07, 6.45) is 1.60. The van der Waals surface area contributed by atoms with E-state index in [1.807, 2.05) is 19.1 Å². The third-order valence-corrected chi connectivity index (χ3v) is 2.89. The third-order valence-electron chi connectivity index (χ3n) is 2.15. The standard InChI is InChI=1S/C12H10Cl2N2O/c1-8(12-3-2-6-17-12)15-16-9-4-5-10(13)11(14)7-9/h2-7,16H,1H3/b15-8+. The highest BCUT2D eigenvalue weighted by molar-refractivity contribution is 6.42. The van der Waals surface area contributed by atoms with E-state index in [0.29, 0.717) is 10.0 Å². The highest BCUT2D eigenvalue weighted by atomic mass is 35.5. The van der Waals surface area contributed by atoms with Gasteiger partial charge in [0.05, 0.1) is 22.0 Å². The van der Waals surface area contributed by atoms with Crippen LogP contribution in [0.2, 0.25) is 10.0 Å². The van der Waals surface area contributed by atoms with E-state index in [1.165, 1.54) is 0 Å². The number of nitrogens with one attached hydrogen (secondary N) is 1. The van der Waals surface area contributed by atoms with Crippen molar-refractivity contribution in [2.75, 3.05) is 5.43 Å². The second-order valence-electron chi connectivity index (χ2n) is 3.42. The first kappa shape index (κ1) is 12.0. The highest BCUT2D eigenvalue weighted by Gasteiger charge is 2.01. The zero-order chi connectivity index (χ0) is 12.3. The van der Waals surface area contributed by atoms with E-state index >= 15 is 0 Å². The Kier molecular flexibility index (Phi) is 3.71. The Morgan fingerprint density at radius 3 is 2.71 bits per heavy atom. The van der Waals surface area contributed by atoms with E-state index in [0.717, 1.165) is 17.2 Å². The Hall–Kier alpha value is -1.45. The molecule has 2 rings (SSSR count). The van der Waals surface area contributed by atoms with Crippen LogP contribution >= 0.6 is 23.2 Å². The van der Waals surface area contributed by atoms with Gasteiger partial charge in [-0.15, -0.1) is 0 Å². The van der Waals surface area contributed by atoms with Crippen molar-refractivity contribution < 1.29 is 4.42 Å². The van der Waals surface area contributed by atoms with Crippen LogP contribution in [0.5, 0.6) is 0 Å². The van der Waals surface area contributed by atoms with Gasteiger partial charge in [-0.1, -0.05) is 23.2 Å². The number of hydrogen-bond donors (Lipinski definition) is 1. The number of hydrogen-bond acceptors (Lipinski definition) is 3. The van der Waals surface area contributed by atoms with Crippen LogP contribution in [0.15, 0.2) is 46.1 Å². The van der Waals surface area contributed by atoms with Crippen molar-refractivity contribution in [3.8, 4) is 0 Å². The lowest BCUT2D eigenvalue weighted by Gasteiger charge is -2.03. The fourth-order valence-corrected chi connectivity index (χ4v) is 1.55. The smallest absolute Gasteiger partial charge is 0.149 e. The summed E-state index contributed by atoms with van der Waals surface area (Å²) in [5, 5.41) is 5.18. The van der Waals surface area contributed by atoms with Crippen LogP contribution in [0, 0.1) is 0 Å². The SMILES string of the molecule is C/C(=N\Nc1ccc(Cl)c(Cl)c1)c1ccco1. The van der Waals surface area contributed by atoms with Crippen LogP contribution in [0.1, 0.15) is 12.7 Å². The van der Waals surface area contributed by atoms with Gasteiger partial charge in [-0.2, -0.15) is 5.10 Å². The molecule has 0 amide bonds. The number of anilines is 1. The summed E-state index contributed by atoms with van der Waals surface area (Å²) in [7, 11) is 0. The van der Waals surface area contributed by atoms with E-state index in [1.54, 1.807) is 24.5 Å². The third kappa shape index (κ3) is 3.02. The number of hydrazone groups is 1. The molecule has 0 fully saturated rings. The van der Waals surface area contributed by atoms with Gasteiger partial charge in [0, 0.05) is 0 Å². The molecule has 0 unspecified atom stereocenters. The van der Waals surface area contributed by atoms with E-state index in [-0.39, 0.29) is 0 Å². The average Bonchev–Trinajstić information content (AvgIpc) is 2.84. The van der Waals surface area contributed by atoms with E-state index in [2.05, 4.69) is 10.5 Å². The minimum atomic E-state index is 0.488. The largest absolute Gasteiger partial charge is 0.463 e. The molecule has 1 N–H and O–H groups in total. The Morgan fingerprint density at radius 1 is 1.24 bits per heavy atom. The average molecular weight is 269 g/mol. The van der Waals surface area contributed by atoms with Gasteiger partial charge in [-0.25, -0.2) is 0 Å². The zero-order valence-corrected chi connectivity index (χ0v) is 10.6. The number of halogens is 2. The number of nitrogens with zero attached hydrogens (tertiary/aromatic N) is 1. The Labute approximate surface area is 109 Å². The maximum absolute atomic E-state index is 5.89. The Morgan fingerprint density at radius 2 is 2.06 bits per heavy atom. The van der Waals surface area contributed by atoms with Gasteiger partial charge in [0.25, 0.3) is 0 Å². The van der Waals surface area contributed by atoms with Crippen molar-refractivity contribution >= 4 is 34.6 Å². The maximum Gasteiger partial charge on any atom is 0.149 e. The van der Waals surface area contributed by atoms with Crippen LogP contribution in [0.4, 0.5) is 5.69 Å². The lowest BCUT2D eigenvalue weighted by molar-refractivity contribution is 0.557. The van der Waals surface area contributed by atoms with E-state index in [4.69, 9.17) is 27.6 Å². The predicted molar refractivity (Wildman–Crippen MR) is 71.0 cm³/mol. The van der Waals surface area contributed by atoms with Crippen molar-refractivity contribution in [3.05, 3.63) is 52.4 Å². The molecule has 0 saturated carbocycles. The molecule has 0 saturated heterocycles. The summed E-state index contributed by atoms with van der Waals surface area (Å²) >= 11 is 11.7. The fraction of sp³-hybridized carbons (Fsp3) is 0.0833. The van der Waals surface area contributed by atoms with Gasteiger partial charge in [0.1, 0.15) is 11.5 Å². The van der Waals surface area contributed by atoms with E-state index < -0.39 is 0 Å². The summed E-state index contributed by atoms with van der Waals surface area (Å²) in [4.78, 5) is 0. The molecule has 1 aromatic heterocycles. The van der Waals surface area contributed by atoms with Crippen molar-refractivity contribution in [1.82, 2.24) is 0 Å². The molecule has 0 spiro atoms. The lowest BCUT2D eigenvalue weighted by atomic mass is 10.3. The molecule has 0 aliphatic rings. The van der Waals surface area contributed by atoms with Crippen molar-refractivity contribution in [2.24, 2.45) is 5.10 Å². The monoisotopic (exact) mass is 268 g/mol. The molecule has 0 atom stereocenters. The van der Waals surface area contributed by atoms with Gasteiger partial charge >= 0.3 is 0 Å². The van der Waals surface area contributed by atoms with Crippen molar-refractivity contribution in [2.45, 2.75) is 6.92 Å². The van der Waals surface area contributed by atoms with Gasteiger partial charge < -0.3 is 4.42 Å². The molecule has 17 heavy (non-hydrogen) atoms. The minimum Gasteiger partial charge on any atom is -0.463 e. The minimum absolute atomic E-state index is 0.488. The number of rotatable bonds is 3. The van der Waals surface area contributed by atoms with Crippen LogP contribution in [0.3, 0.4) is 0 Å². The summed E-state index contributed by atoms with van der Waals surface area (Å²) in [5.41, 5.74) is 4.41. The Bertz CT molecular complexity index is 535. The quantitative estimate of drug-likeness (QED) is 0.661. The topological polar surface area (TPSA) is 37.5 Å². The van der Waals surface area contributed by atoms with Gasteiger partial charge in [-0.3, -0.25) is 5.43 Å². The second kappa shape index (κ2) is 5.25. The van der Waals surface area contributed by atoms with Gasteiger partial charge in [0.2, 0.25) is 0 Å². The molecule has 0 aliphatic carbocycles. The molecule has 1 heterocycles. The first-order valence-corrected chi connectivity index (χ1v) is 5.71. The van der Waals surface area contributed by atoms with Crippen LogP contribution in [0.25, 0.3) is 0 Å². The first-order chi connectivity index (χ1) is 8.16. The maximum atomic E-state index is 5.89. The molecule has 0 bridgehead atoms. The normalized spacial score (nSPS) is 11.6. The molecule has 0 aliphatic heterocycles. The highest BCUT2D eigenvalue weighted by Crippen LogP contribution is 2.25. The molecule has 5 heteroatoms. The summed E-state index contributed by atoms with van der Waals surface area (Å²) in [6.45, 7) is 1.85. The zero-order valence-electron chi connectivity index (χ0n) is 9.08. The molecular weight excluding hydrogens is 259 g/mol. The first-order valence-electron chi connectivity index (χ1n) is 4.96. The molecule has 0 radical (unpaired) electrons.